The molecule has 2 aromatic rings. The molecule has 144 valence electrons. The first-order valence-electron chi connectivity index (χ1n) is 8.84. The Morgan fingerprint density at radius 1 is 1.15 bits per heavy atom. The third-order valence-corrected chi connectivity index (χ3v) is 6.03. The second-order valence-electron chi connectivity index (χ2n) is 6.31. The van der Waals surface area contributed by atoms with Gasteiger partial charge in [-0.05, 0) is 30.7 Å². The Hall–Kier alpha value is -2.52. The van der Waals surface area contributed by atoms with Gasteiger partial charge in [-0.2, -0.15) is 0 Å². The van der Waals surface area contributed by atoms with Crippen LogP contribution < -0.4 is 9.62 Å². The van der Waals surface area contributed by atoms with E-state index in [2.05, 4.69) is 14.7 Å². The van der Waals surface area contributed by atoms with E-state index in [9.17, 15) is 13.2 Å². The molecule has 27 heavy (non-hydrogen) atoms. The van der Waals surface area contributed by atoms with Crippen molar-refractivity contribution in [2.45, 2.75) is 18.7 Å². The Morgan fingerprint density at radius 2 is 1.81 bits per heavy atom. The van der Waals surface area contributed by atoms with Crippen molar-refractivity contribution in [1.29, 1.82) is 0 Å². The minimum atomic E-state index is -3.60. The molecule has 1 fully saturated rings. The van der Waals surface area contributed by atoms with E-state index in [1.54, 1.807) is 36.4 Å². The van der Waals surface area contributed by atoms with Gasteiger partial charge in [0.1, 0.15) is 0 Å². The Kier molecular flexibility index (Phi) is 5.71. The number of piperazine rings is 1. The molecule has 0 unspecified atom stereocenters. The van der Waals surface area contributed by atoms with E-state index in [4.69, 9.17) is 0 Å². The third-order valence-electron chi connectivity index (χ3n) is 4.49. The average Bonchev–Trinajstić information content (AvgIpc) is 2.68. The molecule has 0 aliphatic carbocycles. The third kappa shape index (κ3) is 4.25. The van der Waals surface area contributed by atoms with Gasteiger partial charge in [-0.3, -0.25) is 4.79 Å². The zero-order valence-electron chi connectivity index (χ0n) is 15.4. The molecule has 1 amide bonds. The van der Waals surface area contributed by atoms with Crippen LogP contribution in [-0.2, 0) is 10.0 Å². The fourth-order valence-corrected chi connectivity index (χ4v) is 4.07. The number of amides is 1. The highest BCUT2D eigenvalue weighted by Gasteiger charge is 2.25. The summed E-state index contributed by atoms with van der Waals surface area (Å²) in [4.78, 5) is 25.3. The highest BCUT2D eigenvalue weighted by molar-refractivity contribution is 7.89. The highest BCUT2D eigenvalue weighted by Crippen LogP contribution is 2.19. The Labute approximate surface area is 159 Å². The molecule has 8 nitrogen and oxygen atoms in total. The molecule has 1 N–H and O–H groups in total. The lowest BCUT2D eigenvalue weighted by Crippen LogP contribution is -2.49. The van der Waals surface area contributed by atoms with Crippen molar-refractivity contribution in [3.63, 3.8) is 0 Å². The van der Waals surface area contributed by atoms with Crippen molar-refractivity contribution in [1.82, 2.24) is 19.6 Å². The fraction of sp³-hybridized carbons (Fsp3) is 0.389. The van der Waals surface area contributed by atoms with Gasteiger partial charge in [0.2, 0.25) is 16.0 Å². The minimum absolute atomic E-state index is 0.106. The summed E-state index contributed by atoms with van der Waals surface area (Å²) in [6.07, 6.45) is 3.39. The predicted molar refractivity (Wildman–Crippen MR) is 102 cm³/mol. The molecule has 3 rings (SSSR count). The van der Waals surface area contributed by atoms with Crippen LogP contribution in [0, 0.1) is 6.92 Å². The first-order chi connectivity index (χ1) is 12.9. The van der Waals surface area contributed by atoms with Crippen LogP contribution >= 0.6 is 0 Å². The summed E-state index contributed by atoms with van der Waals surface area (Å²) in [6, 6.07) is 6.42. The smallest absolute Gasteiger partial charge is 0.254 e. The van der Waals surface area contributed by atoms with Gasteiger partial charge >= 0.3 is 0 Å². The molecule has 0 saturated carbocycles. The SMILES string of the molecule is CCNS(=O)(=O)c1ccc(C)c(C(=O)N2CCN(c3ncccn3)CC2)c1. The van der Waals surface area contributed by atoms with Crippen molar-refractivity contribution in [3.8, 4) is 0 Å². The van der Waals surface area contributed by atoms with Crippen molar-refractivity contribution in [2.24, 2.45) is 0 Å². The molecule has 0 spiro atoms. The van der Waals surface area contributed by atoms with E-state index in [0.29, 0.717) is 44.2 Å². The number of hydrogen-bond donors (Lipinski definition) is 1. The Balaban J connectivity index is 1.75. The van der Waals surface area contributed by atoms with E-state index in [1.807, 2.05) is 11.8 Å². The van der Waals surface area contributed by atoms with Crippen LogP contribution in [0.1, 0.15) is 22.8 Å². The van der Waals surface area contributed by atoms with Gasteiger partial charge < -0.3 is 9.80 Å². The van der Waals surface area contributed by atoms with Gasteiger partial charge in [0.05, 0.1) is 4.90 Å². The number of benzene rings is 1. The maximum atomic E-state index is 13.0. The summed E-state index contributed by atoms with van der Waals surface area (Å²) in [5, 5.41) is 0. The molecular weight excluding hydrogens is 366 g/mol. The number of anilines is 1. The van der Waals surface area contributed by atoms with Crippen molar-refractivity contribution in [2.75, 3.05) is 37.6 Å². The predicted octanol–water partition coefficient (Wildman–Crippen LogP) is 1.05. The van der Waals surface area contributed by atoms with Crippen LogP contribution in [-0.4, -0.2) is 61.9 Å². The first-order valence-corrected chi connectivity index (χ1v) is 10.3. The number of carbonyl (C=O) groups is 1. The molecule has 9 heteroatoms. The number of carbonyl (C=O) groups excluding carboxylic acids is 1. The molecule has 1 saturated heterocycles. The summed E-state index contributed by atoms with van der Waals surface area (Å²) < 4.78 is 26.9. The number of hydrogen-bond acceptors (Lipinski definition) is 6. The molecule has 0 bridgehead atoms. The molecule has 1 aliphatic rings. The second-order valence-corrected chi connectivity index (χ2v) is 8.07. The van der Waals surface area contributed by atoms with Gasteiger partial charge in [-0.25, -0.2) is 23.1 Å². The van der Waals surface area contributed by atoms with Gasteiger partial charge in [-0.15, -0.1) is 0 Å². The maximum Gasteiger partial charge on any atom is 0.254 e. The minimum Gasteiger partial charge on any atom is -0.337 e. The van der Waals surface area contributed by atoms with Crippen LogP contribution in [0.25, 0.3) is 0 Å². The lowest BCUT2D eigenvalue weighted by Gasteiger charge is -2.35. The van der Waals surface area contributed by atoms with Gasteiger partial charge in [0.15, 0.2) is 0 Å². The van der Waals surface area contributed by atoms with Crippen LogP contribution in [0.15, 0.2) is 41.6 Å². The van der Waals surface area contributed by atoms with Crippen LogP contribution in [0.3, 0.4) is 0 Å². The normalized spacial score (nSPS) is 15.0. The number of sulfonamides is 1. The maximum absolute atomic E-state index is 13.0. The summed E-state index contributed by atoms with van der Waals surface area (Å²) in [7, 11) is -3.60. The number of nitrogens with one attached hydrogen (secondary N) is 1. The van der Waals surface area contributed by atoms with Crippen LogP contribution in [0.2, 0.25) is 0 Å². The number of aromatic nitrogens is 2. The summed E-state index contributed by atoms with van der Waals surface area (Å²) in [5.41, 5.74) is 1.17. The molecule has 1 aromatic carbocycles. The van der Waals surface area contributed by atoms with E-state index in [0.717, 1.165) is 5.56 Å². The lowest BCUT2D eigenvalue weighted by atomic mass is 10.1. The molecule has 0 atom stereocenters. The largest absolute Gasteiger partial charge is 0.337 e. The Bertz CT molecular complexity index is 910. The zero-order chi connectivity index (χ0) is 19.4. The Morgan fingerprint density at radius 3 is 2.44 bits per heavy atom. The van der Waals surface area contributed by atoms with Gasteiger partial charge in [-0.1, -0.05) is 13.0 Å². The van der Waals surface area contributed by atoms with E-state index in [-0.39, 0.29) is 10.8 Å². The number of aryl methyl sites for hydroxylation is 1. The van der Waals surface area contributed by atoms with Crippen LogP contribution in [0.5, 0.6) is 0 Å². The summed E-state index contributed by atoms with van der Waals surface area (Å²) >= 11 is 0. The fourth-order valence-electron chi connectivity index (χ4n) is 3.01. The zero-order valence-corrected chi connectivity index (χ0v) is 16.2. The van der Waals surface area contributed by atoms with E-state index < -0.39 is 10.0 Å². The highest BCUT2D eigenvalue weighted by atomic mass is 32.2. The van der Waals surface area contributed by atoms with Gasteiger partial charge in [0, 0.05) is 50.7 Å². The van der Waals surface area contributed by atoms with Crippen molar-refractivity contribution >= 4 is 21.9 Å². The molecular formula is C18H23N5O3S. The topological polar surface area (TPSA) is 95.5 Å². The van der Waals surface area contributed by atoms with Gasteiger partial charge in [0.25, 0.3) is 5.91 Å². The summed E-state index contributed by atoms with van der Waals surface area (Å²) in [5.74, 6) is 0.495. The second kappa shape index (κ2) is 8.01. The summed E-state index contributed by atoms with van der Waals surface area (Å²) in [6.45, 7) is 6.14. The average molecular weight is 389 g/mol. The first kappa shape index (κ1) is 19.2. The number of nitrogens with zero attached hydrogens (tertiary/aromatic N) is 4. The van der Waals surface area contributed by atoms with Crippen LogP contribution in [0.4, 0.5) is 5.95 Å². The molecule has 0 radical (unpaired) electrons. The number of rotatable bonds is 5. The van der Waals surface area contributed by atoms with Crippen molar-refractivity contribution < 1.29 is 13.2 Å². The quantitative estimate of drug-likeness (QED) is 0.821. The van der Waals surface area contributed by atoms with E-state index >= 15 is 0 Å². The lowest BCUT2D eigenvalue weighted by molar-refractivity contribution is 0.0745. The molecule has 2 heterocycles. The molecule has 1 aromatic heterocycles. The standard InChI is InChI=1S/C18H23N5O3S/c1-3-21-27(25,26)15-6-5-14(2)16(13-15)17(24)22-9-11-23(12-10-22)18-19-7-4-8-20-18/h4-8,13,21H,3,9-12H2,1-2H3. The van der Waals surface area contributed by atoms with E-state index in [1.165, 1.54) is 12.1 Å². The van der Waals surface area contributed by atoms with Crippen molar-refractivity contribution in [3.05, 3.63) is 47.8 Å². The monoisotopic (exact) mass is 389 g/mol. The molecule has 1 aliphatic heterocycles.